The minimum Gasteiger partial charge on any atom is -0.508 e. The highest BCUT2D eigenvalue weighted by Crippen LogP contribution is 2.28. The van der Waals surface area contributed by atoms with Gasteiger partial charge >= 0.3 is 0 Å². The van der Waals surface area contributed by atoms with Crippen LogP contribution < -0.4 is 0 Å². The number of nitrogens with zero attached hydrogens (tertiary/aromatic N) is 2. The zero-order valence-electron chi connectivity index (χ0n) is 10.5. The Morgan fingerprint density at radius 3 is 2.18 bits per heavy atom. The molecule has 1 aromatic rings. The number of rotatable bonds is 4. The smallest absolute Gasteiger partial charge is 0.281 e. The molecule has 1 unspecified atom stereocenters. The first-order valence-corrected chi connectivity index (χ1v) is 6.61. The molecule has 0 amide bonds. The summed E-state index contributed by atoms with van der Waals surface area (Å²) in [5.74, 6) is 0.0980. The Morgan fingerprint density at radius 1 is 1.18 bits per heavy atom. The summed E-state index contributed by atoms with van der Waals surface area (Å²) in [5, 5.41) is 9.70. The molecule has 0 fully saturated rings. The van der Waals surface area contributed by atoms with Crippen molar-refractivity contribution in [2.75, 3.05) is 21.1 Å². The molecule has 0 aliphatic rings. The van der Waals surface area contributed by atoms with Gasteiger partial charge in [0.2, 0.25) is 0 Å². The molecule has 1 aromatic carbocycles. The van der Waals surface area contributed by atoms with Crippen LogP contribution in [0.2, 0.25) is 0 Å². The molecule has 5 nitrogen and oxygen atoms in total. The first-order valence-electron chi connectivity index (χ1n) is 5.22. The SMILES string of the molecule is CC(c1ccccc1O)N(C)S(=O)(=O)N(C)C. The van der Waals surface area contributed by atoms with E-state index >= 15 is 0 Å². The van der Waals surface area contributed by atoms with Crippen LogP contribution in [0.15, 0.2) is 24.3 Å². The number of benzene rings is 1. The molecular weight excluding hydrogens is 240 g/mol. The minimum atomic E-state index is -3.49. The quantitative estimate of drug-likeness (QED) is 0.882. The van der Waals surface area contributed by atoms with Gasteiger partial charge < -0.3 is 5.11 Å². The van der Waals surface area contributed by atoms with Crippen molar-refractivity contribution in [2.45, 2.75) is 13.0 Å². The van der Waals surface area contributed by atoms with Gasteiger partial charge in [0.1, 0.15) is 5.75 Å². The van der Waals surface area contributed by atoms with Gasteiger partial charge in [0.25, 0.3) is 10.2 Å². The van der Waals surface area contributed by atoms with E-state index in [1.807, 2.05) is 0 Å². The third-order valence-electron chi connectivity index (χ3n) is 2.76. The molecule has 0 bridgehead atoms. The summed E-state index contributed by atoms with van der Waals surface area (Å²) in [4.78, 5) is 0. The van der Waals surface area contributed by atoms with Crippen molar-refractivity contribution >= 4 is 10.2 Å². The molecule has 6 heteroatoms. The molecule has 0 heterocycles. The van der Waals surface area contributed by atoms with Crippen molar-refractivity contribution in [1.82, 2.24) is 8.61 Å². The van der Waals surface area contributed by atoms with E-state index in [1.54, 1.807) is 31.2 Å². The van der Waals surface area contributed by atoms with Crippen LogP contribution in [0.1, 0.15) is 18.5 Å². The number of hydrogen-bond acceptors (Lipinski definition) is 3. The fraction of sp³-hybridized carbons (Fsp3) is 0.455. The zero-order valence-corrected chi connectivity index (χ0v) is 11.3. The molecule has 0 saturated carbocycles. The maximum atomic E-state index is 11.9. The molecule has 96 valence electrons. The summed E-state index contributed by atoms with van der Waals surface area (Å²) in [5.41, 5.74) is 0.584. The van der Waals surface area contributed by atoms with Gasteiger partial charge in [-0.25, -0.2) is 0 Å². The van der Waals surface area contributed by atoms with E-state index in [4.69, 9.17) is 0 Å². The van der Waals surface area contributed by atoms with Crippen molar-refractivity contribution < 1.29 is 13.5 Å². The van der Waals surface area contributed by atoms with E-state index in [0.29, 0.717) is 5.56 Å². The van der Waals surface area contributed by atoms with E-state index in [0.717, 1.165) is 4.31 Å². The Kier molecular flexibility index (Phi) is 4.13. The Bertz CT molecular complexity index is 485. The predicted octanol–water partition coefficient (Wildman–Crippen LogP) is 1.19. The highest BCUT2D eigenvalue weighted by molar-refractivity contribution is 7.86. The van der Waals surface area contributed by atoms with E-state index < -0.39 is 16.3 Å². The van der Waals surface area contributed by atoms with E-state index in [2.05, 4.69) is 0 Å². The number of phenols is 1. The highest BCUT2D eigenvalue weighted by Gasteiger charge is 2.27. The lowest BCUT2D eigenvalue weighted by Gasteiger charge is -2.27. The molecule has 0 radical (unpaired) electrons. The molecule has 0 aliphatic heterocycles. The topological polar surface area (TPSA) is 60.9 Å². The number of aromatic hydroxyl groups is 1. The second-order valence-electron chi connectivity index (χ2n) is 4.04. The average Bonchev–Trinajstić information content (AvgIpc) is 2.27. The number of para-hydroxylation sites is 1. The molecule has 0 aromatic heterocycles. The Balaban J connectivity index is 3.07. The van der Waals surface area contributed by atoms with Crippen LogP contribution in [-0.4, -0.2) is 43.3 Å². The van der Waals surface area contributed by atoms with E-state index in [9.17, 15) is 13.5 Å². The van der Waals surface area contributed by atoms with Crippen LogP contribution in [0.4, 0.5) is 0 Å². The standard InChI is InChI=1S/C11H18N2O3S/c1-9(10-7-5-6-8-11(10)14)13(4)17(15,16)12(2)3/h5-9,14H,1-4H3. The van der Waals surface area contributed by atoms with E-state index in [1.165, 1.54) is 25.4 Å². The second-order valence-corrected chi connectivity index (χ2v) is 6.24. The van der Waals surface area contributed by atoms with Gasteiger partial charge in [0.15, 0.2) is 0 Å². The third-order valence-corrected chi connectivity index (χ3v) is 4.72. The molecular formula is C11H18N2O3S. The van der Waals surface area contributed by atoms with Crippen LogP contribution in [0.3, 0.4) is 0 Å². The summed E-state index contributed by atoms with van der Waals surface area (Å²) < 4.78 is 26.2. The minimum absolute atomic E-state index is 0.0980. The first kappa shape index (κ1) is 14.0. The van der Waals surface area contributed by atoms with Crippen molar-refractivity contribution in [3.8, 4) is 5.75 Å². The van der Waals surface area contributed by atoms with Crippen LogP contribution in [0.25, 0.3) is 0 Å². The van der Waals surface area contributed by atoms with Gasteiger partial charge in [-0.15, -0.1) is 0 Å². The van der Waals surface area contributed by atoms with Crippen LogP contribution in [-0.2, 0) is 10.2 Å². The fourth-order valence-electron chi connectivity index (χ4n) is 1.49. The molecule has 17 heavy (non-hydrogen) atoms. The predicted molar refractivity (Wildman–Crippen MR) is 66.9 cm³/mol. The fourth-order valence-corrected chi connectivity index (χ4v) is 2.52. The number of hydrogen-bond donors (Lipinski definition) is 1. The Hall–Kier alpha value is -1.11. The van der Waals surface area contributed by atoms with Crippen molar-refractivity contribution in [1.29, 1.82) is 0 Å². The van der Waals surface area contributed by atoms with Crippen LogP contribution >= 0.6 is 0 Å². The lowest BCUT2D eigenvalue weighted by Crippen LogP contribution is -2.38. The van der Waals surface area contributed by atoms with Crippen molar-refractivity contribution in [3.05, 3.63) is 29.8 Å². The zero-order chi connectivity index (χ0) is 13.2. The van der Waals surface area contributed by atoms with Crippen molar-refractivity contribution in [3.63, 3.8) is 0 Å². The molecule has 1 atom stereocenters. The average molecular weight is 258 g/mol. The maximum Gasteiger partial charge on any atom is 0.281 e. The molecule has 0 saturated heterocycles. The monoisotopic (exact) mass is 258 g/mol. The maximum absolute atomic E-state index is 11.9. The summed E-state index contributed by atoms with van der Waals surface area (Å²) in [6.45, 7) is 1.73. The lowest BCUT2D eigenvalue weighted by molar-refractivity contribution is 0.354. The molecule has 1 rings (SSSR count). The Morgan fingerprint density at radius 2 is 1.71 bits per heavy atom. The van der Waals surface area contributed by atoms with Gasteiger partial charge in [0, 0.05) is 26.7 Å². The van der Waals surface area contributed by atoms with Crippen LogP contribution in [0.5, 0.6) is 5.75 Å². The second kappa shape index (κ2) is 5.03. The summed E-state index contributed by atoms with van der Waals surface area (Å²) in [6, 6.07) is 6.29. The van der Waals surface area contributed by atoms with Gasteiger partial charge in [-0.2, -0.15) is 17.0 Å². The number of phenolic OH excluding ortho intramolecular Hbond substituents is 1. The summed E-state index contributed by atoms with van der Waals surface area (Å²) in [7, 11) is 0.958. The molecule has 1 N–H and O–H groups in total. The lowest BCUT2D eigenvalue weighted by atomic mass is 10.1. The Labute approximate surface area is 102 Å². The summed E-state index contributed by atoms with van der Waals surface area (Å²) in [6.07, 6.45) is 0. The molecule has 0 spiro atoms. The molecule has 0 aliphatic carbocycles. The third kappa shape index (κ3) is 2.77. The van der Waals surface area contributed by atoms with Crippen molar-refractivity contribution in [2.24, 2.45) is 0 Å². The summed E-state index contributed by atoms with van der Waals surface area (Å²) >= 11 is 0. The highest BCUT2D eigenvalue weighted by atomic mass is 32.2. The van der Waals surface area contributed by atoms with Gasteiger partial charge in [-0.05, 0) is 13.0 Å². The van der Waals surface area contributed by atoms with Gasteiger partial charge in [-0.1, -0.05) is 18.2 Å². The largest absolute Gasteiger partial charge is 0.508 e. The van der Waals surface area contributed by atoms with Crippen LogP contribution in [0, 0.1) is 0 Å². The first-order chi connectivity index (χ1) is 7.78. The van der Waals surface area contributed by atoms with E-state index in [-0.39, 0.29) is 5.75 Å². The van der Waals surface area contributed by atoms with Gasteiger partial charge in [0.05, 0.1) is 6.04 Å². The normalized spacial score (nSPS) is 14.2. The van der Waals surface area contributed by atoms with Gasteiger partial charge in [-0.3, -0.25) is 0 Å².